The van der Waals surface area contributed by atoms with Crippen molar-refractivity contribution in [1.29, 1.82) is 0 Å². The molecule has 6 nitrogen and oxygen atoms in total. The molecule has 4 aromatic carbocycles. The molecule has 0 aliphatic heterocycles. The lowest BCUT2D eigenvalue weighted by Crippen LogP contribution is -2.29. The molecule has 0 radical (unpaired) electrons. The molecule has 6 rings (SSSR count). The van der Waals surface area contributed by atoms with Gasteiger partial charge in [0.1, 0.15) is 12.3 Å². The fourth-order valence-electron chi connectivity index (χ4n) is 5.41. The minimum Gasteiger partial charge on any atom is -0.461 e. The van der Waals surface area contributed by atoms with Gasteiger partial charge in [0, 0.05) is 45.2 Å². The quantitative estimate of drug-likeness (QED) is 0.112. The third-order valence-corrected chi connectivity index (χ3v) is 7.13. The second kappa shape index (κ2) is 9.21. The minimum absolute atomic E-state index is 0.0731. The molecular weight excluding hydrogens is 462 g/mol. The highest BCUT2D eigenvalue weighted by Gasteiger charge is 2.19. The van der Waals surface area contributed by atoms with Crippen LogP contribution in [0.5, 0.6) is 0 Å². The van der Waals surface area contributed by atoms with Crippen LogP contribution in [0.2, 0.25) is 0 Å². The first-order chi connectivity index (χ1) is 18.1. The standard InChI is InChI=1S/C31H27N3O3/c1-3-5-17-33(18-19-37-27(35)4-2)25-16-15-22-29-21(25)11-8-12-23(29)31(36)34-26-14-7-10-20-9-6-13-24(28(20)26)32-30(22)34/h4,6-16H,2-3,5,17-19H2,1H3. The maximum Gasteiger partial charge on any atom is 0.330 e. The van der Waals surface area contributed by atoms with E-state index in [-0.39, 0.29) is 12.2 Å². The van der Waals surface area contributed by atoms with Crippen molar-refractivity contribution in [1.82, 2.24) is 9.38 Å². The number of nitrogens with zero attached hydrogens (tertiary/aromatic N) is 3. The number of carbonyl (C=O) groups excluding carboxylic acids is 1. The highest BCUT2D eigenvalue weighted by atomic mass is 16.5. The second-order valence-corrected chi connectivity index (χ2v) is 9.30. The van der Waals surface area contributed by atoms with Crippen molar-refractivity contribution in [3.63, 3.8) is 0 Å². The Balaban J connectivity index is 1.61. The number of rotatable bonds is 8. The average molecular weight is 490 g/mol. The van der Waals surface area contributed by atoms with Gasteiger partial charge in [-0.1, -0.05) is 56.3 Å². The summed E-state index contributed by atoms with van der Waals surface area (Å²) < 4.78 is 7.04. The normalized spacial score (nSPS) is 11.7. The van der Waals surface area contributed by atoms with E-state index in [1.807, 2.05) is 36.4 Å². The van der Waals surface area contributed by atoms with Crippen LogP contribution in [-0.2, 0) is 9.53 Å². The Morgan fingerprint density at radius 1 is 0.973 bits per heavy atom. The third kappa shape index (κ3) is 3.68. The molecule has 2 aromatic heterocycles. The van der Waals surface area contributed by atoms with Crippen LogP contribution in [-0.4, -0.2) is 35.1 Å². The predicted octanol–water partition coefficient (Wildman–Crippen LogP) is 6.08. The van der Waals surface area contributed by atoms with E-state index in [2.05, 4.69) is 48.7 Å². The van der Waals surface area contributed by atoms with Gasteiger partial charge in [0.25, 0.3) is 5.56 Å². The largest absolute Gasteiger partial charge is 0.461 e. The SMILES string of the molecule is C=CC(=O)OCCN(CCCC)c1ccc2c3c1cccc3c(=O)n1c3cccc4cccc(nc21)c43. The van der Waals surface area contributed by atoms with E-state index in [1.165, 1.54) is 6.08 Å². The van der Waals surface area contributed by atoms with Crippen LogP contribution in [0.15, 0.2) is 84.2 Å². The van der Waals surface area contributed by atoms with Crippen molar-refractivity contribution in [3.8, 4) is 0 Å². The first-order valence-corrected chi connectivity index (χ1v) is 12.7. The first kappa shape index (κ1) is 23.0. The molecule has 0 N–H and O–H groups in total. The summed E-state index contributed by atoms with van der Waals surface area (Å²) in [4.78, 5) is 32.8. The van der Waals surface area contributed by atoms with Gasteiger partial charge in [-0.05, 0) is 42.1 Å². The van der Waals surface area contributed by atoms with Crippen LogP contribution >= 0.6 is 0 Å². The number of carbonyl (C=O) groups is 1. The van der Waals surface area contributed by atoms with Crippen molar-refractivity contribution in [3.05, 3.63) is 89.7 Å². The molecule has 0 spiro atoms. The predicted molar refractivity (Wildman–Crippen MR) is 151 cm³/mol. The number of pyridine rings is 1. The van der Waals surface area contributed by atoms with Crippen molar-refractivity contribution < 1.29 is 9.53 Å². The highest BCUT2D eigenvalue weighted by molar-refractivity contribution is 6.19. The van der Waals surface area contributed by atoms with Crippen molar-refractivity contribution in [2.75, 3.05) is 24.6 Å². The summed E-state index contributed by atoms with van der Waals surface area (Å²) in [5.74, 6) is -0.427. The van der Waals surface area contributed by atoms with E-state index >= 15 is 0 Å². The molecule has 0 fully saturated rings. The number of aromatic nitrogens is 2. The number of unbranched alkanes of at least 4 members (excludes halogenated alkanes) is 1. The number of ether oxygens (including phenoxy) is 1. The van der Waals surface area contributed by atoms with Gasteiger partial charge in [-0.3, -0.25) is 9.20 Å². The first-order valence-electron chi connectivity index (χ1n) is 12.7. The lowest BCUT2D eigenvalue weighted by molar-refractivity contribution is -0.137. The maximum absolute atomic E-state index is 14.0. The molecule has 6 heteroatoms. The number of esters is 1. The van der Waals surface area contributed by atoms with E-state index in [0.29, 0.717) is 17.6 Å². The summed E-state index contributed by atoms with van der Waals surface area (Å²) >= 11 is 0. The molecule has 0 unspecified atom stereocenters. The maximum atomic E-state index is 14.0. The summed E-state index contributed by atoms with van der Waals surface area (Å²) in [6.07, 6.45) is 3.22. The lowest BCUT2D eigenvalue weighted by atomic mass is 9.99. The van der Waals surface area contributed by atoms with Crippen LogP contribution in [0.4, 0.5) is 5.69 Å². The van der Waals surface area contributed by atoms with Crippen molar-refractivity contribution >= 4 is 60.7 Å². The van der Waals surface area contributed by atoms with Gasteiger partial charge in [0.2, 0.25) is 0 Å². The Morgan fingerprint density at radius 2 is 1.76 bits per heavy atom. The second-order valence-electron chi connectivity index (χ2n) is 9.30. The molecule has 6 aromatic rings. The van der Waals surface area contributed by atoms with E-state index in [4.69, 9.17) is 9.72 Å². The molecule has 0 bridgehead atoms. The molecule has 0 saturated heterocycles. The lowest BCUT2D eigenvalue weighted by Gasteiger charge is -2.27. The molecule has 37 heavy (non-hydrogen) atoms. The zero-order valence-corrected chi connectivity index (χ0v) is 20.7. The molecule has 184 valence electrons. The van der Waals surface area contributed by atoms with Gasteiger partial charge in [-0.15, -0.1) is 0 Å². The molecule has 0 amide bonds. The van der Waals surface area contributed by atoms with Gasteiger partial charge in [0.05, 0.1) is 17.6 Å². The summed E-state index contributed by atoms with van der Waals surface area (Å²) in [7, 11) is 0. The fraction of sp³-hybridized carbons (Fsp3) is 0.194. The minimum atomic E-state index is -0.427. The van der Waals surface area contributed by atoms with Gasteiger partial charge in [-0.25, -0.2) is 9.78 Å². The molecular formula is C31H27N3O3. The highest BCUT2D eigenvalue weighted by Crippen LogP contribution is 2.36. The van der Waals surface area contributed by atoms with Gasteiger partial charge >= 0.3 is 5.97 Å². The Bertz CT molecular complexity index is 1870. The topological polar surface area (TPSA) is 63.9 Å². The number of anilines is 1. The summed E-state index contributed by atoms with van der Waals surface area (Å²) in [5.41, 5.74) is 3.34. The monoisotopic (exact) mass is 489 g/mol. The zero-order valence-electron chi connectivity index (χ0n) is 20.7. The smallest absolute Gasteiger partial charge is 0.330 e. The van der Waals surface area contributed by atoms with Gasteiger partial charge in [-0.2, -0.15) is 0 Å². The number of hydrogen-bond acceptors (Lipinski definition) is 5. The van der Waals surface area contributed by atoms with Gasteiger partial charge < -0.3 is 9.64 Å². The van der Waals surface area contributed by atoms with E-state index in [9.17, 15) is 9.59 Å². The fourth-order valence-corrected chi connectivity index (χ4v) is 5.41. The van der Waals surface area contributed by atoms with Crippen molar-refractivity contribution in [2.24, 2.45) is 0 Å². The van der Waals surface area contributed by atoms with Crippen LogP contribution in [0.25, 0.3) is 49.0 Å². The number of hydrogen-bond donors (Lipinski definition) is 0. The van der Waals surface area contributed by atoms with E-state index < -0.39 is 5.97 Å². The summed E-state index contributed by atoms with van der Waals surface area (Å²) in [6, 6.07) is 22.2. The Morgan fingerprint density at radius 3 is 2.57 bits per heavy atom. The number of fused-ring (bicyclic) bond motifs is 3. The Labute approximate surface area is 213 Å². The third-order valence-electron chi connectivity index (χ3n) is 7.13. The van der Waals surface area contributed by atoms with Crippen LogP contribution in [0.1, 0.15) is 19.8 Å². The van der Waals surface area contributed by atoms with Crippen LogP contribution < -0.4 is 10.5 Å². The molecule has 0 atom stereocenters. The Hall–Kier alpha value is -4.45. The summed E-state index contributed by atoms with van der Waals surface area (Å²) in [6.45, 7) is 7.26. The zero-order chi connectivity index (χ0) is 25.5. The number of benzene rings is 4. The molecule has 2 heterocycles. The van der Waals surface area contributed by atoms with Crippen molar-refractivity contribution in [2.45, 2.75) is 19.8 Å². The Kier molecular flexibility index (Phi) is 5.72. The van der Waals surface area contributed by atoms with Crippen LogP contribution in [0.3, 0.4) is 0 Å². The molecule has 0 saturated carbocycles. The van der Waals surface area contributed by atoms with E-state index in [1.54, 1.807) is 4.40 Å². The summed E-state index contributed by atoms with van der Waals surface area (Å²) in [5, 5.41) is 5.57. The van der Waals surface area contributed by atoms with Crippen LogP contribution in [0, 0.1) is 0 Å². The molecule has 0 aliphatic carbocycles. The van der Waals surface area contributed by atoms with E-state index in [0.717, 1.165) is 63.0 Å². The van der Waals surface area contributed by atoms with Gasteiger partial charge in [0.15, 0.2) is 0 Å². The average Bonchev–Trinajstić information content (AvgIpc) is 2.93. The molecule has 0 aliphatic rings.